The van der Waals surface area contributed by atoms with Crippen molar-refractivity contribution in [3.63, 3.8) is 0 Å². The van der Waals surface area contributed by atoms with Gasteiger partial charge < -0.3 is 4.74 Å². The molecule has 0 aliphatic heterocycles. The number of hydrogen-bond donors (Lipinski definition) is 0. The van der Waals surface area contributed by atoms with Crippen LogP contribution < -0.4 is 4.74 Å². The molecule has 0 saturated heterocycles. The van der Waals surface area contributed by atoms with Gasteiger partial charge in [0.25, 0.3) is 0 Å². The Balaban J connectivity index is 1.91. The lowest BCUT2D eigenvalue weighted by Gasteiger charge is -2.09. The van der Waals surface area contributed by atoms with E-state index in [1.165, 1.54) is 6.33 Å². The Morgan fingerprint density at radius 1 is 1.45 bits per heavy atom. The van der Waals surface area contributed by atoms with E-state index in [1.54, 1.807) is 28.9 Å². The molecule has 0 saturated carbocycles. The summed E-state index contributed by atoms with van der Waals surface area (Å²) in [7, 11) is 0. The average Bonchev–Trinajstić information content (AvgIpc) is 2.85. The highest BCUT2D eigenvalue weighted by molar-refractivity contribution is 6.30. The van der Waals surface area contributed by atoms with E-state index < -0.39 is 0 Å². The third-order valence-corrected chi connectivity index (χ3v) is 2.92. The summed E-state index contributed by atoms with van der Waals surface area (Å²) >= 11 is 5.84. The van der Waals surface area contributed by atoms with E-state index in [4.69, 9.17) is 16.3 Å². The molecule has 0 radical (unpaired) electrons. The molecule has 0 N–H and O–H groups in total. The summed E-state index contributed by atoms with van der Waals surface area (Å²) in [6, 6.07) is 7.13. The zero-order valence-electron chi connectivity index (χ0n) is 11.4. The lowest BCUT2D eigenvalue weighted by atomic mass is 10.2. The maximum atomic E-state index is 11.9. The Morgan fingerprint density at radius 2 is 2.25 bits per heavy atom. The van der Waals surface area contributed by atoms with Gasteiger partial charge in [-0.1, -0.05) is 17.7 Å². The van der Waals surface area contributed by atoms with Gasteiger partial charge in [-0.3, -0.25) is 4.79 Å². The largest absolute Gasteiger partial charge is 0.486 e. The second kappa shape index (κ2) is 6.52. The van der Waals surface area contributed by atoms with Gasteiger partial charge in [0.2, 0.25) is 0 Å². The topological polar surface area (TPSA) is 57.0 Å². The van der Waals surface area contributed by atoms with E-state index in [-0.39, 0.29) is 24.9 Å². The molecule has 0 aliphatic rings. The van der Waals surface area contributed by atoms with Gasteiger partial charge in [-0.25, -0.2) is 9.67 Å². The van der Waals surface area contributed by atoms with E-state index in [9.17, 15) is 4.79 Å². The Hall–Kier alpha value is -1.88. The predicted molar refractivity (Wildman–Crippen MR) is 76.1 cm³/mol. The molecule has 6 heteroatoms. The summed E-state index contributed by atoms with van der Waals surface area (Å²) in [4.78, 5) is 16.0. The number of carbonyl (C=O) groups is 1. The van der Waals surface area contributed by atoms with E-state index >= 15 is 0 Å². The highest BCUT2D eigenvalue weighted by Gasteiger charge is 2.12. The van der Waals surface area contributed by atoms with Crippen LogP contribution in [0.1, 0.15) is 25.7 Å². The van der Waals surface area contributed by atoms with Crippen LogP contribution in [0.2, 0.25) is 5.02 Å². The number of Topliss-reactive ketones (excluding diaryl/α,β-unsaturated/α-hetero) is 1. The molecular formula is C14H16ClN3O2. The van der Waals surface area contributed by atoms with Crippen molar-refractivity contribution in [3.05, 3.63) is 41.4 Å². The molecule has 106 valence electrons. The number of rotatable bonds is 6. The summed E-state index contributed by atoms with van der Waals surface area (Å²) in [5.41, 5.74) is 0. The van der Waals surface area contributed by atoms with Crippen LogP contribution >= 0.6 is 11.6 Å². The van der Waals surface area contributed by atoms with Crippen molar-refractivity contribution in [2.24, 2.45) is 0 Å². The van der Waals surface area contributed by atoms with Gasteiger partial charge in [-0.2, -0.15) is 5.10 Å². The fourth-order valence-electron chi connectivity index (χ4n) is 1.78. The number of nitrogens with zero attached hydrogens (tertiary/aromatic N) is 3. The molecule has 1 heterocycles. The number of ether oxygens (including phenoxy) is 1. The minimum Gasteiger partial charge on any atom is -0.486 e. The van der Waals surface area contributed by atoms with Gasteiger partial charge >= 0.3 is 0 Å². The summed E-state index contributed by atoms with van der Waals surface area (Å²) in [5, 5.41) is 4.67. The Bertz CT molecular complexity index is 596. The van der Waals surface area contributed by atoms with Gasteiger partial charge in [0.15, 0.2) is 5.78 Å². The average molecular weight is 294 g/mol. The fraction of sp³-hybridized carbons (Fsp3) is 0.357. The number of hydrogen-bond acceptors (Lipinski definition) is 4. The smallest absolute Gasteiger partial charge is 0.177 e. The van der Waals surface area contributed by atoms with Crippen LogP contribution in [0, 0.1) is 0 Å². The second-order valence-electron chi connectivity index (χ2n) is 4.68. The molecule has 0 fully saturated rings. The predicted octanol–water partition coefficient (Wildman–Crippen LogP) is 2.70. The van der Waals surface area contributed by atoms with Gasteiger partial charge in [0.05, 0.1) is 6.42 Å². The van der Waals surface area contributed by atoms with Crippen LogP contribution in [0.5, 0.6) is 5.75 Å². The molecule has 5 nitrogen and oxygen atoms in total. The normalized spacial score (nSPS) is 10.8. The van der Waals surface area contributed by atoms with E-state index in [0.717, 1.165) is 0 Å². The first-order valence-electron chi connectivity index (χ1n) is 6.34. The van der Waals surface area contributed by atoms with Crippen LogP contribution in [-0.2, 0) is 11.2 Å². The molecule has 2 rings (SSSR count). The molecule has 0 atom stereocenters. The van der Waals surface area contributed by atoms with Crippen LogP contribution in [0.15, 0.2) is 30.6 Å². The minimum absolute atomic E-state index is 0.00863. The monoisotopic (exact) mass is 293 g/mol. The fourth-order valence-corrected chi connectivity index (χ4v) is 1.96. The van der Waals surface area contributed by atoms with Crippen LogP contribution in [0.25, 0.3) is 0 Å². The zero-order valence-corrected chi connectivity index (χ0v) is 12.2. The number of ketones is 1. The summed E-state index contributed by atoms with van der Waals surface area (Å²) in [6.45, 7) is 3.97. The van der Waals surface area contributed by atoms with Gasteiger partial charge in [-0.05, 0) is 32.0 Å². The minimum atomic E-state index is -0.0557. The highest BCUT2D eigenvalue weighted by atomic mass is 35.5. The van der Waals surface area contributed by atoms with Crippen molar-refractivity contribution in [2.45, 2.75) is 26.3 Å². The maximum Gasteiger partial charge on any atom is 0.177 e. The van der Waals surface area contributed by atoms with Crippen LogP contribution in [0.3, 0.4) is 0 Å². The molecule has 0 unspecified atom stereocenters. The van der Waals surface area contributed by atoms with Crippen molar-refractivity contribution in [1.29, 1.82) is 0 Å². The molecule has 0 bridgehead atoms. The van der Waals surface area contributed by atoms with Crippen molar-refractivity contribution < 1.29 is 9.53 Å². The zero-order chi connectivity index (χ0) is 14.5. The van der Waals surface area contributed by atoms with Crippen molar-refractivity contribution in [1.82, 2.24) is 14.8 Å². The Labute approximate surface area is 122 Å². The number of benzene rings is 1. The first-order chi connectivity index (χ1) is 9.56. The molecule has 20 heavy (non-hydrogen) atoms. The van der Waals surface area contributed by atoms with Gasteiger partial charge in [-0.15, -0.1) is 0 Å². The highest BCUT2D eigenvalue weighted by Crippen LogP contribution is 2.17. The van der Waals surface area contributed by atoms with Crippen molar-refractivity contribution >= 4 is 17.4 Å². The molecule has 0 spiro atoms. The van der Waals surface area contributed by atoms with Crippen molar-refractivity contribution in [2.75, 3.05) is 6.61 Å². The standard InChI is InChI=1S/C14H16ClN3O2/c1-10(2)18-14(16-9-17-18)7-12(19)8-20-13-5-3-4-11(15)6-13/h3-6,9-10H,7-8H2,1-2H3. The van der Waals surface area contributed by atoms with E-state index in [0.29, 0.717) is 16.6 Å². The Morgan fingerprint density at radius 3 is 2.95 bits per heavy atom. The quantitative estimate of drug-likeness (QED) is 0.822. The maximum absolute atomic E-state index is 11.9. The lowest BCUT2D eigenvalue weighted by Crippen LogP contribution is -2.18. The second-order valence-corrected chi connectivity index (χ2v) is 5.11. The van der Waals surface area contributed by atoms with Crippen molar-refractivity contribution in [3.8, 4) is 5.75 Å². The summed E-state index contributed by atoms with van der Waals surface area (Å²) < 4.78 is 7.14. The first-order valence-corrected chi connectivity index (χ1v) is 6.72. The number of aromatic nitrogens is 3. The van der Waals surface area contributed by atoms with Gasteiger partial charge in [0, 0.05) is 11.1 Å². The summed E-state index contributed by atoms with van der Waals surface area (Å²) in [5.74, 6) is 1.18. The lowest BCUT2D eigenvalue weighted by molar-refractivity contribution is -0.120. The van der Waals surface area contributed by atoms with Crippen LogP contribution in [-0.4, -0.2) is 27.2 Å². The van der Waals surface area contributed by atoms with E-state index in [2.05, 4.69) is 10.1 Å². The molecular weight excluding hydrogens is 278 g/mol. The summed E-state index contributed by atoms with van der Waals surface area (Å²) in [6.07, 6.45) is 1.67. The Kier molecular flexibility index (Phi) is 4.74. The first kappa shape index (κ1) is 14.5. The molecule has 2 aromatic rings. The molecule has 0 amide bonds. The molecule has 1 aromatic carbocycles. The van der Waals surface area contributed by atoms with Crippen LogP contribution in [0.4, 0.5) is 0 Å². The molecule has 0 aliphatic carbocycles. The third kappa shape index (κ3) is 3.81. The molecule has 1 aromatic heterocycles. The number of halogens is 1. The SMILES string of the molecule is CC(C)n1ncnc1CC(=O)COc1cccc(Cl)c1. The number of carbonyl (C=O) groups excluding carboxylic acids is 1. The third-order valence-electron chi connectivity index (χ3n) is 2.69. The van der Waals surface area contributed by atoms with Gasteiger partial charge in [0.1, 0.15) is 24.5 Å². The van der Waals surface area contributed by atoms with E-state index in [1.807, 2.05) is 13.8 Å².